The van der Waals surface area contributed by atoms with Crippen LogP contribution < -0.4 is 0 Å². The maximum atomic E-state index is 2.56. The van der Waals surface area contributed by atoms with Crippen molar-refractivity contribution < 1.29 is 0 Å². The van der Waals surface area contributed by atoms with E-state index >= 15 is 0 Å². The molecule has 4 unspecified atom stereocenters. The predicted octanol–water partition coefficient (Wildman–Crippen LogP) is 5.77. The van der Waals surface area contributed by atoms with E-state index in [4.69, 9.17) is 0 Å². The molecule has 17 heavy (non-hydrogen) atoms. The van der Waals surface area contributed by atoms with Gasteiger partial charge in [0.2, 0.25) is 0 Å². The summed E-state index contributed by atoms with van der Waals surface area (Å²) in [5, 5.41) is 0. The van der Waals surface area contributed by atoms with Crippen molar-refractivity contribution in [3.05, 3.63) is 0 Å². The predicted molar refractivity (Wildman–Crippen MR) is 78.1 cm³/mol. The Bertz CT molecular complexity index is 222. The number of hydrogen-bond donors (Lipinski definition) is 0. The van der Waals surface area contributed by atoms with Gasteiger partial charge in [-0.3, -0.25) is 0 Å². The van der Waals surface area contributed by atoms with Crippen molar-refractivity contribution in [2.75, 3.05) is 0 Å². The van der Waals surface area contributed by atoms with Crippen molar-refractivity contribution in [2.24, 2.45) is 35.0 Å². The van der Waals surface area contributed by atoms with Gasteiger partial charge in [-0.05, 0) is 47.8 Å². The fourth-order valence-electron chi connectivity index (χ4n) is 4.26. The maximum Gasteiger partial charge on any atom is -0.0292 e. The van der Waals surface area contributed by atoms with Gasteiger partial charge in [-0.1, -0.05) is 61.3 Å². The minimum Gasteiger partial charge on any atom is -0.0651 e. The van der Waals surface area contributed by atoms with E-state index in [0.29, 0.717) is 5.41 Å². The smallest absolute Gasteiger partial charge is 0.0292 e. The van der Waals surface area contributed by atoms with Crippen LogP contribution in [0.5, 0.6) is 0 Å². The fraction of sp³-hybridized carbons (Fsp3) is 1.00. The Balaban J connectivity index is 2.76. The zero-order valence-electron chi connectivity index (χ0n) is 13.2. The van der Waals surface area contributed by atoms with Gasteiger partial charge in [0.05, 0.1) is 0 Å². The molecule has 1 fully saturated rings. The molecule has 0 aromatic heterocycles. The molecular formula is C17H34. The summed E-state index contributed by atoms with van der Waals surface area (Å²) in [7, 11) is 0. The molecule has 0 amide bonds. The van der Waals surface area contributed by atoms with E-state index in [0.717, 1.165) is 29.6 Å². The Morgan fingerprint density at radius 2 is 1.65 bits per heavy atom. The van der Waals surface area contributed by atoms with Gasteiger partial charge in [-0.2, -0.15) is 0 Å². The highest BCUT2D eigenvalue weighted by Crippen LogP contribution is 2.55. The van der Waals surface area contributed by atoms with E-state index < -0.39 is 0 Å². The largest absolute Gasteiger partial charge is 0.0651 e. The van der Waals surface area contributed by atoms with E-state index in [2.05, 4.69) is 48.5 Å². The first kappa shape index (κ1) is 15.1. The van der Waals surface area contributed by atoms with E-state index in [1.165, 1.54) is 25.7 Å². The summed E-state index contributed by atoms with van der Waals surface area (Å²) in [5.74, 6) is 4.56. The Morgan fingerprint density at radius 1 is 1.12 bits per heavy atom. The van der Waals surface area contributed by atoms with Crippen molar-refractivity contribution in [3.63, 3.8) is 0 Å². The van der Waals surface area contributed by atoms with E-state index in [9.17, 15) is 0 Å². The van der Waals surface area contributed by atoms with Gasteiger partial charge in [0.1, 0.15) is 0 Å². The van der Waals surface area contributed by atoms with Crippen molar-refractivity contribution in [3.8, 4) is 0 Å². The van der Waals surface area contributed by atoms with Crippen LogP contribution in [0.3, 0.4) is 0 Å². The molecule has 0 radical (unpaired) electrons. The number of hydrogen-bond acceptors (Lipinski definition) is 0. The summed E-state index contributed by atoms with van der Waals surface area (Å²) < 4.78 is 0. The topological polar surface area (TPSA) is 0 Å². The van der Waals surface area contributed by atoms with Crippen LogP contribution in [0.1, 0.15) is 74.1 Å². The molecule has 0 aliphatic heterocycles. The molecule has 1 rings (SSSR count). The van der Waals surface area contributed by atoms with Crippen LogP contribution in [-0.2, 0) is 0 Å². The standard InChI is InChI=1S/C17H34/c1-8-15(9-2)10-17(7)11-16(12(3)4)13(5)14(17)6/h12-16H,8-11H2,1-7H3. The summed E-state index contributed by atoms with van der Waals surface area (Å²) >= 11 is 0. The second-order valence-electron chi connectivity index (χ2n) is 7.30. The fourth-order valence-corrected chi connectivity index (χ4v) is 4.26. The molecule has 4 atom stereocenters. The lowest BCUT2D eigenvalue weighted by Gasteiger charge is -2.34. The maximum absolute atomic E-state index is 2.56. The molecule has 0 N–H and O–H groups in total. The Hall–Kier alpha value is 0. The molecule has 0 saturated heterocycles. The minimum atomic E-state index is 0.602. The normalized spacial score (nSPS) is 38.3. The van der Waals surface area contributed by atoms with Crippen molar-refractivity contribution in [1.82, 2.24) is 0 Å². The van der Waals surface area contributed by atoms with Crippen LogP contribution in [0.25, 0.3) is 0 Å². The number of rotatable bonds is 5. The lowest BCUT2D eigenvalue weighted by molar-refractivity contribution is 0.161. The second kappa shape index (κ2) is 5.76. The SMILES string of the molecule is CCC(CC)CC1(C)CC(C(C)C)C(C)C1C. The highest BCUT2D eigenvalue weighted by molar-refractivity contribution is 4.96. The molecule has 0 nitrogen and oxygen atoms in total. The van der Waals surface area contributed by atoms with Gasteiger partial charge >= 0.3 is 0 Å². The zero-order valence-corrected chi connectivity index (χ0v) is 13.2. The summed E-state index contributed by atoms with van der Waals surface area (Å²) in [6.45, 7) is 17.1. The van der Waals surface area contributed by atoms with Crippen LogP contribution in [0.4, 0.5) is 0 Å². The summed E-state index contributed by atoms with van der Waals surface area (Å²) in [5.41, 5.74) is 0.602. The van der Waals surface area contributed by atoms with Gasteiger partial charge in [0.25, 0.3) is 0 Å². The van der Waals surface area contributed by atoms with Gasteiger partial charge in [0, 0.05) is 0 Å². The molecule has 0 aromatic carbocycles. The minimum absolute atomic E-state index is 0.602. The first-order chi connectivity index (χ1) is 7.85. The van der Waals surface area contributed by atoms with Crippen molar-refractivity contribution >= 4 is 0 Å². The molecule has 0 heterocycles. The van der Waals surface area contributed by atoms with E-state index in [1.54, 1.807) is 0 Å². The molecule has 102 valence electrons. The summed E-state index contributed by atoms with van der Waals surface area (Å²) in [6, 6.07) is 0. The quantitative estimate of drug-likeness (QED) is 0.570. The summed E-state index contributed by atoms with van der Waals surface area (Å²) in [4.78, 5) is 0. The lowest BCUT2D eigenvalue weighted by Crippen LogP contribution is -2.25. The highest BCUT2D eigenvalue weighted by atomic mass is 14.5. The Morgan fingerprint density at radius 3 is 2.00 bits per heavy atom. The first-order valence-corrected chi connectivity index (χ1v) is 7.85. The molecule has 1 aliphatic rings. The van der Waals surface area contributed by atoms with Crippen molar-refractivity contribution in [1.29, 1.82) is 0 Å². The molecule has 0 aromatic rings. The Kier molecular flexibility index (Phi) is 5.10. The first-order valence-electron chi connectivity index (χ1n) is 7.85. The second-order valence-corrected chi connectivity index (χ2v) is 7.30. The zero-order chi connectivity index (χ0) is 13.2. The van der Waals surface area contributed by atoms with Crippen LogP contribution >= 0.6 is 0 Å². The van der Waals surface area contributed by atoms with Crippen LogP contribution in [0.15, 0.2) is 0 Å². The van der Waals surface area contributed by atoms with Crippen molar-refractivity contribution in [2.45, 2.75) is 74.1 Å². The molecule has 0 bridgehead atoms. The van der Waals surface area contributed by atoms with Crippen LogP contribution in [0, 0.1) is 35.0 Å². The van der Waals surface area contributed by atoms with Crippen LogP contribution in [-0.4, -0.2) is 0 Å². The van der Waals surface area contributed by atoms with E-state index in [1.807, 2.05) is 0 Å². The van der Waals surface area contributed by atoms with Gasteiger partial charge in [-0.15, -0.1) is 0 Å². The molecular weight excluding hydrogens is 204 g/mol. The average molecular weight is 238 g/mol. The average Bonchev–Trinajstić information content (AvgIpc) is 2.51. The monoisotopic (exact) mass is 238 g/mol. The Labute approximate surface area is 110 Å². The molecule has 0 heteroatoms. The van der Waals surface area contributed by atoms with Gasteiger partial charge < -0.3 is 0 Å². The molecule has 1 aliphatic carbocycles. The van der Waals surface area contributed by atoms with Crippen LogP contribution in [0.2, 0.25) is 0 Å². The molecule has 1 saturated carbocycles. The molecule has 0 spiro atoms. The van der Waals surface area contributed by atoms with Gasteiger partial charge in [-0.25, -0.2) is 0 Å². The third-order valence-corrected chi connectivity index (χ3v) is 6.03. The summed E-state index contributed by atoms with van der Waals surface area (Å²) in [6.07, 6.45) is 5.64. The third-order valence-electron chi connectivity index (χ3n) is 6.03. The lowest BCUT2D eigenvalue weighted by atomic mass is 9.71. The third kappa shape index (κ3) is 3.06. The van der Waals surface area contributed by atoms with Gasteiger partial charge in [0.15, 0.2) is 0 Å². The van der Waals surface area contributed by atoms with E-state index in [-0.39, 0.29) is 0 Å². The highest BCUT2D eigenvalue weighted by Gasteiger charge is 2.47.